The van der Waals surface area contributed by atoms with Crippen molar-refractivity contribution in [3.05, 3.63) is 17.8 Å². The molecule has 0 atom stereocenters. The molecule has 1 amide bonds. The second-order valence-corrected chi connectivity index (χ2v) is 4.88. The van der Waals surface area contributed by atoms with Gasteiger partial charge in [-0.15, -0.1) is 10.2 Å². The lowest BCUT2D eigenvalue weighted by Crippen LogP contribution is -2.34. The van der Waals surface area contributed by atoms with Crippen LogP contribution in [0.2, 0.25) is 0 Å². The second-order valence-electron chi connectivity index (χ2n) is 4.88. The van der Waals surface area contributed by atoms with Crippen molar-refractivity contribution in [2.45, 2.75) is 20.3 Å². The largest absolute Gasteiger partial charge is 0.369 e. The minimum absolute atomic E-state index is 0.0539. The topological polar surface area (TPSA) is 61.4 Å². The van der Waals surface area contributed by atoms with Crippen molar-refractivity contribution in [2.24, 2.45) is 0 Å². The molecule has 0 aliphatic carbocycles. The van der Waals surface area contributed by atoms with Gasteiger partial charge in [0.1, 0.15) is 5.82 Å². The maximum atomic E-state index is 12.3. The van der Waals surface area contributed by atoms with E-state index in [-0.39, 0.29) is 5.91 Å². The molecule has 6 heteroatoms. The fourth-order valence-electron chi connectivity index (χ4n) is 1.86. The van der Waals surface area contributed by atoms with Gasteiger partial charge in [-0.05, 0) is 53.0 Å². The molecule has 1 rings (SSSR count). The summed E-state index contributed by atoms with van der Waals surface area (Å²) in [6.07, 6.45) is 0.954. The summed E-state index contributed by atoms with van der Waals surface area (Å²) in [5, 5.41) is 11.1. The van der Waals surface area contributed by atoms with Crippen LogP contribution in [0.4, 0.5) is 5.82 Å². The average Bonchev–Trinajstić information content (AvgIpc) is 2.44. The zero-order valence-corrected chi connectivity index (χ0v) is 12.9. The SMILES string of the molecule is CCNc1ccc(C(=O)N(CC)CCCN(C)C)nn1. The van der Waals surface area contributed by atoms with Crippen molar-refractivity contribution in [2.75, 3.05) is 45.6 Å². The molecule has 1 aromatic heterocycles. The van der Waals surface area contributed by atoms with Crippen LogP contribution in [0.1, 0.15) is 30.8 Å². The molecule has 0 aromatic carbocycles. The van der Waals surface area contributed by atoms with Crippen molar-refractivity contribution in [1.82, 2.24) is 20.0 Å². The Kier molecular flexibility index (Phi) is 6.93. The summed E-state index contributed by atoms with van der Waals surface area (Å²) in [6, 6.07) is 3.51. The molecule has 0 aliphatic rings. The Morgan fingerprint density at radius 2 is 1.95 bits per heavy atom. The van der Waals surface area contributed by atoms with E-state index in [1.807, 2.05) is 27.9 Å². The van der Waals surface area contributed by atoms with Gasteiger partial charge < -0.3 is 15.1 Å². The summed E-state index contributed by atoms with van der Waals surface area (Å²) in [7, 11) is 4.06. The number of carbonyl (C=O) groups is 1. The van der Waals surface area contributed by atoms with E-state index in [1.54, 1.807) is 17.0 Å². The van der Waals surface area contributed by atoms with Crippen LogP contribution in [0, 0.1) is 0 Å². The Bertz CT molecular complexity index is 405. The number of anilines is 1. The molecule has 20 heavy (non-hydrogen) atoms. The van der Waals surface area contributed by atoms with Crippen molar-refractivity contribution >= 4 is 11.7 Å². The number of hydrogen-bond acceptors (Lipinski definition) is 5. The molecule has 0 unspecified atom stereocenters. The molecule has 0 saturated heterocycles. The summed E-state index contributed by atoms with van der Waals surface area (Å²) < 4.78 is 0. The van der Waals surface area contributed by atoms with E-state index in [2.05, 4.69) is 20.4 Å². The maximum absolute atomic E-state index is 12.3. The van der Waals surface area contributed by atoms with Gasteiger partial charge in [0.2, 0.25) is 0 Å². The molecule has 1 N–H and O–H groups in total. The fraction of sp³-hybridized carbons (Fsp3) is 0.643. The van der Waals surface area contributed by atoms with Gasteiger partial charge >= 0.3 is 0 Å². The molecule has 6 nitrogen and oxygen atoms in total. The third-order valence-electron chi connectivity index (χ3n) is 2.94. The van der Waals surface area contributed by atoms with Crippen LogP contribution in [0.5, 0.6) is 0 Å². The first-order valence-corrected chi connectivity index (χ1v) is 7.10. The monoisotopic (exact) mass is 279 g/mol. The standard InChI is InChI=1S/C14H25N5O/c1-5-15-13-9-8-12(16-17-13)14(20)19(6-2)11-7-10-18(3)4/h8-9H,5-7,10-11H2,1-4H3,(H,15,17). The van der Waals surface area contributed by atoms with E-state index in [9.17, 15) is 4.79 Å². The minimum Gasteiger partial charge on any atom is -0.369 e. The number of rotatable bonds is 8. The molecule has 112 valence electrons. The number of nitrogens with one attached hydrogen (secondary N) is 1. The normalized spacial score (nSPS) is 10.7. The van der Waals surface area contributed by atoms with Gasteiger partial charge in [-0.1, -0.05) is 0 Å². The van der Waals surface area contributed by atoms with Gasteiger partial charge in [-0.3, -0.25) is 4.79 Å². The molecule has 0 aliphatic heterocycles. The Balaban J connectivity index is 2.60. The summed E-state index contributed by atoms with van der Waals surface area (Å²) >= 11 is 0. The second kappa shape index (κ2) is 8.47. The van der Waals surface area contributed by atoms with Gasteiger partial charge in [0.15, 0.2) is 5.69 Å². The van der Waals surface area contributed by atoms with Gasteiger partial charge in [-0.2, -0.15) is 0 Å². The van der Waals surface area contributed by atoms with Crippen LogP contribution in [0.25, 0.3) is 0 Å². The maximum Gasteiger partial charge on any atom is 0.274 e. The highest BCUT2D eigenvalue weighted by atomic mass is 16.2. The van der Waals surface area contributed by atoms with Crippen molar-refractivity contribution < 1.29 is 4.79 Å². The van der Waals surface area contributed by atoms with Gasteiger partial charge in [0.25, 0.3) is 5.91 Å². The van der Waals surface area contributed by atoms with E-state index < -0.39 is 0 Å². The number of nitrogens with zero attached hydrogens (tertiary/aromatic N) is 4. The van der Waals surface area contributed by atoms with Gasteiger partial charge in [0.05, 0.1) is 0 Å². The van der Waals surface area contributed by atoms with Gasteiger partial charge in [0, 0.05) is 19.6 Å². The van der Waals surface area contributed by atoms with Crippen LogP contribution in [0.15, 0.2) is 12.1 Å². The average molecular weight is 279 g/mol. The Morgan fingerprint density at radius 1 is 1.20 bits per heavy atom. The summed E-state index contributed by atoms with van der Waals surface area (Å²) in [5.41, 5.74) is 0.401. The Hall–Kier alpha value is -1.69. The predicted molar refractivity (Wildman–Crippen MR) is 80.9 cm³/mol. The lowest BCUT2D eigenvalue weighted by Gasteiger charge is -2.21. The van der Waals surface area contributed by atoms with E-state index in [0.717, 1.165) is 26.1 Å². The molecule has 0 fully saturated rings. The van der Waals surface area contributed by atoms with E-state index >= 15 is 0 Å². The summed E-state index contributed by atoms with van der Waals surface area (Å²) in [6.45, 7) is 7.15. The minimum atomic E-state index is -0.0539. The lowest BCUT2D eigenvalue weighted by molar-refractivity contribution is 0.0752. The third kappa shape index (κ3) is 5.13. The predicted octanol–water partition coefficient (Wildman–Crippen LogP) is 1.32. The molecule has 1 aromatic rings. The number of hydrogen-bond donors (Lipinski definition) is 1. The molecule has 0 saturated carbocycles. The van der Waals surface area contributed by atoms with E-state index in [1.165, 1.54) is 0 Å². The number of carbonyl (C=O) groups excluding carboxylic acids is 1. The highest BCUT2D eigenvalue weighted by Gasteiger charge is 2.15. The van der Waals surface area contributed by atoms with Crippen molar-refractivity contribution in [1.29, 1.82) is 0 Å². The molecule has 0 bridgehead atoms. The fourth-order valence-corrected chi connectivity index (χ4v) is 1.86. The van der Waals surface area contributed by atoms with Crippen LogP contribution >= 0.6 is 0 Å². The lowest BCUT2D eigenvalue weighted by atomic mass is 10.3. The summed E-state index contributed by atoms with van der Waals surface area (Å²) in [5.74, 6) is 0.640. The summed E-state index contributed by atoms with van der Waals surface area (Å²) in [4.78, 5) is 16.2. The number of aromatic nitrogens is 2. The zero-order valence-electron chi connectivity index (χ0n) is 12.9. The van der Waals surface area contributed by atoms with E-state index in [4.69, 9.17) is 0 Å². The highest BCUT2D eigenvalue weighted by Crippen LogP contribution is 2.05. The van der Waals surface area contributed by atoms with E-state index in [0.29, 0.717) is 18.1 Å². The van der Waals surface area contributed by atoms with Gasteiger partial charge in [-0.25, -0.2) is 0 Å². The van der Waals surface area contributed by atoms with Crippen LogP contribution in [0.3, 0.4) is 0 Å². The highest BCUT2D eigenvalue weighted by molar-refractivity contribution is 5.92. The first-order valence-electron chi connectivity index (χ1n) is 7.10. The molecular formula is C14H25N5O. The van der Waals surface area contributed by atoms with Crippen LogP contribution < -0.4 is 5.32 Å². The first-order chi connectivity index (χ1) is 9.58. The zero-order chi connectivity index (χ0) is 15.0. The quantitative estimate of drug-likeness (QED) is 0.777. The molecule has 1 heterocycles. The third-order valence-corrected chi connectivity index (χ3v) is 2.94. The Morgan fingerprint density at radius 3 is 2.45 bits per heavy atom. The van der Waals surface area contributed by atoms with Crippen molar-refractivity contribution in [3.8, 4) is 0 Å². The molecule has 0 radical (unpaired) electrons. The number of amides is 1. The first kappa shape index (κ1) is 16.4. The molecule has 0 spiro atoms. The van der Waals surface area contributed by atoms with Crippen molar-refractivity contribution in [3.63, 3.8) is 0 Å². The van der Waals surface area contributed by atoms with Crippen LogP contribution in [-0.4, -0.2) is 66.2 Å². The molecular weight excluding hydrogens is 254 g/mol. The van der Waals surface area contributed by atoms with Crippen LogP contribution in [-0.2, 0) is 0 Å². The Labute approximate surface area is 121 Å². The smallest absolute Gasteiger partial charge is 0.274 e.